The van der Waals surface area contributed by atoms with Crippen LogP contribution in [0.3, 0.4) is 0 Å². The summed E-state index contributed by atoms with van der Waals surface area (Å²) in [5.74, 6) is 0. The van der Waals surface area contributed by atoms with Gasteiger partial charge in [-0.05, 0) is 121 Å². The number of unbranched alkanes of at least 4 members (excludes halogenated alkanes) is 9. The number of benzene rings is 3. The maximum absolute atomic E-state index is 5.13. The van der Waals surface area contributed by atoms with Gasteiger partial charge in [-0.25, -0.2) is 0 Å². The molecule has 0 amide bonds. The number of aliphatic imine (C=N–C) groups is 2. The molecule has 0 N–H and O–H groups in total. The number of hydrogen-bond acceptors (Lipinski definition) is 4. The Bertz CT molecular complexity index is 1510. The van der Waals surface area contributed by atoms with Crippen LogP contribution in [0.2, 0.25) is 0 Å². The van der Waals surface area contributed by atoms with Crippen molar-refractivity contribution in [1.29, 1.82) is 0 Å². The van der Waals surface area contributed by atoms with Gasteiger partial charge in [-0.1, -0.05) is 123 Å². The van der Waals surface area contributed by atoms with Crippen LogP contribution in [0.25, 0.3) is 11.1 Å². The van der Waals surface area contributed by atoms with Crippen LogP contribution in [0, 0.1) is 0 Å². The van der Waals surface area contributed by atoms with Crippen molar-refractivity contribution in [3.05, 3.63) is 82.4 Å². The minimum atomic E-state index is 0.955. The van der Waals surface area contributed by atoms with Crippen molar-refractivity contribution in [2.24, 2.45) is 9.98 Å². The van der Waals surface area contributed by atoms with E-state index in [1.807, 2.05) is 6.21 Å². The molecule has 56 heavy (non-hydrogen) atoms. The van der Waals surface area contributed by atoms with Crippen LogP contribution >= 0.6 is 0 Å². The monoisotopic (exact) mass is 809 g/mol. The van der Waals surface area contributed by atoms with Gasteiger partial charge in [-0.3, -0.25) is 9.98 Å². The first-order valence-corrected chi connectivity index (χ1v) is 23.8. The summed E-state index contributed by atoms with van der Waals surface area (Å²) in [7, 11) is 0. The summed E-state index contributed by atoms with van der Waals surface area (Å²) in [5, 5.41) is 0. The van der Waals surface area contributed by atoms with E-state index in [2.05, 4.69) is 132 Å². The molecule has 0 heterocycles. The van der Waals surface area contributed by atoms with Crippen molar-refractivity contribution in [3.8, 4) is 11.1 Å². The van der Waals surface area contributed by atoms with Crippen LogP contribution in [0.4, 0.5) is 11.4 Å². The fraction of sp³-hybridized carbons (Fsp3) is 0.608. The maximum atomic E-state index is 5.13. The molecule has 0 saturated heterocycles. The second-order valence-corrected chi connectivity index (χ2v) is 16.5. The third-order valence-electron chi connectivity index (χ3n) is 10.6. The van der Waals surface area contributed by atoms with Crippen LogP contribution in [0.15, 0.2) is 64.6 Å². The van der Waals surface area contributed by atoms with Crippen molar-refractivity contribution in [2.75, 3.05) is 26.2 Å². The first-order chi connectivity index (χ1) is 27.3. The van der Waals surface area contributed by atoms with Gasteiger partial charge in [-0.15, -0.1) is 0 Å². The minimum absolute atomic E-state index is 0.955. The fourth-order valence-electron chi connectivity index (χ4n) is 7.39. The van der Waals surface area contributed by atoms with Gasteiger partial charge in [0.1, 0.15) is 0 Å². The van der Waals surface area contributed by atoms with E-state index in [0.29, 0.717) is 0 Å². The molecule has 0 bridgehead atoms. The van der Waals surface area contributed by atoms with Crippen molar-refractivity contribution in [1.82, 2.24) is 7.96 Å². The Kier molecular flexibility index (Phi) is 27.0. The number of aryl methyl sites for hydroxylation is 4. The van der Waals surface area contributed by atoms with Crippen molar-refractivity contribution >= 4 is 23.3 Å². The quantitative estimate of drug-likeness (QED) is 0.0436. The second kappa shape index (κ2) is 30.5. The zero-order chi connectivity index (χ0) is 41.0. The van der Waals surface area contributed by atoms with Gasteiger partial charge in [0.05, 0.1) is 17.1 Å². The van der Waals surface area contributed by atoms with Gasteiger partial charge in [0.15, 0.2) is 0 Å². The molecule has 0 saturated carbocycles. The van der Waals surface area contributed by atoms with Crippen molar-refractivity contribution in [3.63, 3.8) is 0 Å². The van der Waals surface area contributed by atoms with E-state index in [4.69, 9.17) is 9.98 Å². The molecule has 0 aliphatic rings. The van der Waals surface area contributed by atoms with E-state index in [9.17, 15) is 0 Å². The molecule has 0 spiro atoms. The third kappa shape index (κ3) is 18.3. The van der Waals surface area contributed by atoms with E-state index >= 15 is 0 Å². The van der Waals surface area contributed by atoms with Gasteiger partial charge >= 0.3 is 76.7 Å². The molecule has 3 aromatic rings. The predicted octanol–water partition coefficient (Wildman–Crippen LogP) is 14.9. The standard InChI is InChI=1S/C43H62N2.2C4H10N.Ni/c1-7-12-15-17-18-21-27-37-30-40(29-35(10-4)42(37)11-5)44-33-34(6)45-41-31-38(24-14-9-3)43(36-25-22-19-23-26-36)39(32-41)28-20-16-13-8-2;2*1-3-5-4-2;/h19,22-23,25-26,29-33H,7-18,20-21,24,27-28H2,1-6H3;2*3-4H2,1-2H3;/q;2*-1;+2. The Hall–Kier alpha value is -2.59. The summed E-state index contributed by atoms with van der Waals surface area (Å²) >= 11 is 1.67. The SMILES string of the molecule is CCCCCCCCc1cc(N=CC(C)=Nc2cc(CCCC)c(-c3ccccc3)c(CCCCCC)c2)cc(CC)c1CC.CC[N](CC)[Ni][N](CC)CC. The molecule has 0 aliphatic heterocycles. The summed E-state index contributed by atoms with van der Waals surface area (Å²) in [6.07, 6.45) is 22.9. The normalized spacial score (nSPS) is 12.0. The Morgan fingerprint density at radius 1 is 0.536 bits per heavy atom. The number of hydrogen-bond donors (Lipinski definition) is 0. The van der Waals surface area contributed by atoms with E-state index in [1.165, 1.54) is 110 Å². The summed E-state index contributed by atoms with van der Waals surface area (Å²) in [6, 6.07) is 20.4. The van der Waals surface area contributed by atoms with Gasteiger partial charge in [0, 0.05) is 6.21 Å². The van der Waals surface area contributed by atoms with E-state index < -0.39 is 0 Å². The van der Waals surface area contributed by atoms with E-state index in [1.54, 1.807) is 20.4 Å². The average molecular weight is 810 g/mol. The Balaban J connectivity index is 0.000000854. The van der Waals surface area contributed by atoms with Crippen LogP contribution in [0.1, 0.15) is 174 Å². The van der Waals surface area contributed by atoms with E-state index in [0.717, 1.165) is 75.4 Å². The molecule has 0 fully saturated rings. The summed E-state index contributed by atoms with van der Waals surface area (Å²) < 4.78 is 4.75. The van der Waals surface area contributed by atoms with Crippen LogP contribution in [-0.2, 0) is 47.0 Å². The molecule has 5 heteroatoms. The van der Waals surface area contributed by atoms with Gasteiger partial charge < -0.3 is 0 Å². The summed E-state index contributed by atoms with van der Waals surface area (Å²) in [5.41, 5.74) is 13.2. The Morgan fingerprint density at radius 3 is 1.55 bits per heavy atom. The molecule has 3 aromatic carbocycles. The molecule has 0 aromatic heterocycles. The van der Waals surface area contributed by atoms with Crippen LogP contribution < -0.4 is 0 Å². The number of rotatable bonds is 27. The molecule has 0 radical (unpaired) electrons. The van der Waals surface area contributed by atoms with E-state index in [-0.39, 0.29) is 0 Å². The number of nitrogens with zero attached hydrogens (tertiary/aromatic N) is 4. The predicted molar refractivity (Wildman–Crippen MR) is 247 cm³/mol. The fourth-order valence-corrected chi connectivity index (χ4v) is 8.34. The Morgan fingerprint density at radius 2 is 1.02 bits per heavy atom. The first kappa shape index (κ1) is 49.6. The molecule has 4 nitrogen and oxygen atoms in total. The molecule has 316 valence electrons. The van der Waals surface area contributed by atoms with Crippen LogP contribution in [0.5, 0.6) is 0 Å². The molecular weight excluding hydrogens is 727 g/mol. The second-order valence-electron chi connectivity index (χ2n) is 15.1. The van der Waals surface area contributed by atoms with Crippen LogP contribution in [-0.4, -0.2) is 46.1 Å². The topological polar surface area (TPSA) is 31.2 Å². The molecule has 0 aliphatic carbocycles. The zero-order valence-corrected chi connectivity index (χ0v) is 38.7. The van der Waals surface area contributed by atoms with Gasteiger partial charge in [-0.2, -0.15) is 0 Å². The molecule has 0 unspecified atom stereocenters. The molecule has 0 atom stereocenters. The van der Waals surface area contributed by atoms with Gasteiger partial charge in [0.25, 0.3) is 0 Å². The summed E-state index contributed by atoms with van der Waals surface area (Å²) in [6.45, 7) is 26.9. The average Bonchev–Trinajstić information content (AvgIpc) is 3.22. The van der Waals surface area contributed by atoms with Crippen molar-refractivity contribution < 1.29 is 14.9 Å². The molecular formula is C51H82N4Ni. The van der Waals surface area contributed by atoms with Gasteiger partial charge in [0.2, 0.25) is 0 Å². The first-order valence-electron chi connectivity index (χ1n) is 22.9. The summed E-state index contributed by atoms with van der Waals surface area (Å²) in [4.78, 5) is 10.1. The van der Waals surface area contributed by atoms with Crippen molar-refractivity contribution in [2.45, 2.75) is 178 Å². The third-order valence-corrected chi connectivity index (χ3v) is 12.4. The molecule has 3 rings (SSSR count). The Labute approximate surface area is 352 Å². The zero-order valence-electron chi connectivity index (χ0n) is 37.7.